The molecule has 0 radical (unpaired) electrons. The number of anilines is 4. The Kier molecular flexibility index (Phi) is 30.4. The second-order valence-electron chi connectivity index (χ2n) is 27.8. The van der Waals surface area contributed by atoms with Crippen LogP contribution in [-0.2, 0) is 38.0 Å². The Morgan fingerprint density at radius 3 is 1.03 bits per heavy atom. The number of piperidine rings is 3. The van der Waals surface area contributed by atoms with Crippen LogP contribution in [0.25, 0.3) is 0 Å². The third-order valence-electron chi connectivity index (χ3n) is 19.4. The molecule has 121 heavy (non-hydrogen) atoms. The van der Waals surface area contributed by atoms with Gasteiger partial charge in [0, 0.05) is 103 Å². The van der Waals surface area contributed by atoms with Crippen LogP contribution in [0.15, 0.2) is 181 Å². The summed E-state index contributed by atoms with van der Waals surface area (Å²) < 4.78 is 260. The van der Waals surface area contributed by atoms with Gasteiger partial charge in [0.1, 0.15) is 46.8 Å². The summed E-state index contributed by atoms with van der Waals surface area (Å²) in [6.07, 6.45) is 0.0335. The number of likely N-dealkylation sites (tertiary alicyclic amines) is 3. The van der Waals surface area contributed by atoms with E-state index in [0.29, 0.717) is 62.1 Å². The van der Waals surface area contributed by atoms with E-state index < -0.39 is 192 Å². The first-order valence-electron chi connectivity index (χ1n) is 36.4. The Hall–Kier alpha value is -11.4. The summed E-state index contributed by atoms with van der Waals surface area (Å²) in [7, 11) is 0. The number of nitrogens with zero attached hydrogens (tertiary/aromatic N) is 3. The van der Waals surface area contributed by atoms with Gasteiger partial charge in [0.25, 0.3) is 29.5 Å². The fourth-order valence-corrected chi connectivity index (χ4v) is 13.0. The van der Waals surface area contributed by atoms with Crippen LogP contribution in [0.4, 0.5) is 102 Å². The number of allylic oxidation sites excluding steroid dienone is 3. The Morgan fingerprint density at radius 1 is 0.405 bits per heavy atom. The van der Waals surface area contributed by atoms with E-state index in [9.17, 15) is 106 Å². The summed E-state index contributed by atoms with van der Waals surface area (Å²) in [6.45, 7) is 12.6. The molecular formula is C83H72BrClF18N8O10. The van der Waals surface area contributed by atoms with Gasteiger partial charge in [0.05, 0.1) is 73.8 Å². The molecule has 644 valence electrons. The molecule has 18 nitrogen and oxygen atoms in total. The quantitative estimate of drug-likeness (QED) is 0.0201. The molecule has 4 saturated heterocycles. The average Bonchev–Trinajstić information content (AvgIpc) is 1.01. The molecule has 4 aliphatic rings. The summed E-state index contributed by atoms with van der Waals surface area (Å²) in [4.78, 5) is 76.8. The van der Waals surface area contributed by atoms with Gasteiger partial charge < -0.3 is 61.3 Å². The number of carbonyl (C=O) groups is 6. The molecule has 38 heteroatoms. The highest BCUT2D eigenvalue weighted by Crippen LogP contribution is 2.44. The van der Waals surface area contributed by atoms with Crippen LogP contribution in [0.3, 0.4) is 0 Å². The van der Waals surface area contributed by atoms with E-state index in [4.69, 9.17) is 11.6 Å². The zero-order valence-corrected chi connectivity index (χ0v) is 65.6. The highest BCUT2D eigenvalue weighted by atomic mass is 79.9. The minimum atomic E-state index is -4.35. The first kappa shape index (κ1) is 93.5. The van der Waals surface area contributed by atoms with E-state index in [0.717, 1.165) is 66.7 Å². The van der Waals surface area contributed by atoms with Gasteiger partial charge in [-0.15, -0.1) is 0 Å². The highest BCUT2D eigenvalue weighted by Gasteiger charge is 2.48. The Labute approximate surface area is 691 Å². The van der Waals surface area contributed by atoms with Crippen LogP contribution >= 0.6 is 27.5 Å². The van der Waals surface area contributed by atoms with Gasteiger partial charge in [0.2, 0.25) is 0 Å². The van der Waals surface area contributed by atoms with Crippen LogP contribution in [0.1, 0.15) is 114 Å². The molecule has 12 rings (SSSR count). The van der Waals surface area contributed by atoms with Crippen LogP contribution < -0.4 is 26.6 Å². The highest BCUT2D eigenvalue weighted by molar-refractivity contribution is 9.10. The molecule has 0 spiro atoms. The predicted molar refractivity (Wildman–Crippen MR) is 411 cm³/mol. The number of hydrogen-bond donors (Lipinski definition) is 8. The van der Waals surface area contributed by atoms with Crippen LogP contribution in [0, 0.1) is 65.1 Å². The molecule has 8 aromatic carbocycles. The zero-order chi connectivity index (χ0) is 89.1. The second kappa shape index (κ2) is 39.4. The number of cyclic esters (lactones) is 1. The number of carbonyl (C=O) groups excluding carboxylic acids is 6. The van der Waals surface area contributed by atoms with E-state index in [2.05, 4.69) is 56.4 Å². The maximum Gasteiger partial charge on any atom is 0.352 e. The van der Waals surface area contributed by atoms with Crippen molar-refractivity contribution >= 4 is 85.8 Å². The van der Waals surface area contributed by atoms with Crippen molar-refractivity contribution in [3.8, 4) is 0 Å². The number of hydrogen-bond acceptors (Lipinski definition) is 13. The van der Waals surface area contributed by atoms with Crippen molar-refractivity contribution in [3.63, 3.8) is 0 Å². The van der Waals surface area contributed by atoms with Crippen molar-refractivity contribution in [2.45, 2.75) is 99.9 Å². The molecule has 4 heterocycles. The molecule has 0 aromatic heterocycles. The van der Waals surface area contributed by atoms with Crippen LogP contribution in [0.2, 0.25) is 5.02 Å². The second-order valence-corrected chi connectivity index (χ2v) is 29.1. The maximum atomic E-state index is 15.0. The Bertz CT molecular complexity index is 5100. The summed E-state index contributed by atoms with van der Waals surface area (Å²) in [6, 6.07) is 20.3. The lowest BCUT2D eigenvalue weighted by Crippen LogP contribution is -2.46. The standard InChI is InChI=1S/C21H19BrF4N2O2.C21H19ClF4N2O2.C21H18F6N2O2.C20H16F4N2O4/c2*1-12(28-8-6-15(29)7-9-28)21(25,26)16-10-13(2-4-18(16)23)20(30)27-14-3-5-19(24)17(22)11-14;1-11(29-6-4-14(30)5-7-29)21(26,27)15-8-12(2-3-16(15)22)20(31)28-13-9-17(23)19(25)18(24)10-13;1-10-8-12(3-5-14(10)21)25-17(27)11-2-4-15(22)13(9-11)20(23,24)19(29)26-16-6-7-30-18(16)28/h2*2-5,10-11,15,29H,1,6-9H2,(H,27,30);2-3,8-10,14,30H,1,4-7H2,(H,28,31);2-5,8-9,16H,6-7H2,1H3,(H,25,27)(H,26,29)/t;;;16-/m...1/s1. The van der Waals surface area contributed by atoms with Gasteiger partial charge in [-0.3, -0.25) is 24.0 Å². The SMILES string of the molecule is C=C(N1CCC(O)CC1)C(F)(F)c1cc(C(=O)Nc2cc(F)c(F)c(F)c2)ccc1F.C=C(N1CCC(O)CC1)C(F)(F)c1cc(C(=O)Nc2ccc(F)c(Br)c2)ccc1F.C=C(N1CCC(O)CC1)C(F)(F)c1cc(C(=O)Nc2ccc(F)c(Cl)c2)ccc1F.Cc1cc(NC(=O)c2ccc(F)c(C(F)(F)C(=O)N[C@@H]3CCOC3=O)c2)ccc1F. The number of aryl methyl sites for hydroxylation is 1. The Balaban J connectivity index is 0.000000183. The van der Waals surface area contributed by atoms with Gasteiger partial charge in [-0.05, 0) is 194 Å². The normalized spacial score (nSPS) is 15.4. The van der Waals surface area contributed by atoms with Gasteiger partial charge >= 0.3 is 29.7 Å². The largest absolute Gasteiger partial charge is 0.464 e. The summed E-state index contributed by atoms with van der Waals surface area (Å²) in [5.41, 5.74) is -7.01. The number of aliphatic hydroxyl groups excluding tert-OH is 3. The summed E-state index contributed by atoms with van der Waals surface area (Å²) >= 11 is 8.65. The van der Waals surface area contributed by atoms with Crippen molar-refractivity contribution in [2.75, 3.05) is 67.1 Å². The molecule has 0 aliphatic carbocycles. The fraction of sp³-hybridized carbons (Fsp3) is 0.277. The third-order valence-corrected chi connectivity index (χ3v) is 20.3. The molecule has 8 aromatic rings. The smallest absolute Gasteiger partial charge is 0.352 e. The van der Waals surface area contributed by atoms with Crippen molar-refractivity contribution in [2.24, 2.45) is 0 Å². The van der Waals surface area contributed by atoms with Crippen LogP contribution in [-0.4, -0.2) is 136 Å². The molecule has 8 N–H and O–H groups in total. The van der Waals surface area contributed by atoms with Crippen molar-refractivity contribution in [3.05, 3.63) is 294 Å². The topological polar surface area (TPSA) is 242 Å². The van der Waals surface area contributed by atoms with Crippen molar-refractivity contribution in [1.82, 2.24) is 20.0 Å². The number of amides is 5. The molecule has 4 aliphatic heterocycles. The summed E-state index contributed by atoms with van der Waals surface area (Å²) in [5, 5.41) is 39.5. The zero-order valence-electron chi connectivity index (χ0n) is 63.2. The van der Waals surface area contributed by atoms with Crippen molar-refractivity contribution in [1.29, 1.82) is 0 Å². The van der Waals surface area contributed by atoms with Crippen molar-refractivity contribution < 1.29 is 128 Å². The maximum absolute atomic E-state index is 15.0. The number of ether oxygens (including phenoxy) is 1. The van der Waals surface area contributed by atoms with E-state index in [1.807, 2.05) is 10.6 Å². The van der Waals surface area contributed by atoms with Gasteiger partial charge in [-0.1, -0.05) is 31.3 Å². The van der Waals surface area contributed by atoms with E-state index >= 15 is 17.6 Å². The minimum absolute atomic E-state index is 0.0165. The molecule has 1 atom stereocenters. The monoisotopic (exact) mass is 1800 g/mol. The molecular weight excluding hydrogens is 1730 g/mol. The number of esters is 1. The predicted octanol–water partition coefficient (Wildman–Crippen LogP) is 17.6. The van der Waals surface area contributed by atoms with E-state index in [-0.39, 0.29) is 114 Å². The van der Waals surface area contributed by atoms with Gasteiger partial charge in [-0.2, -0.15) is 35.1 Å². The van der Waals surface area contributed by atoms with Gasteiger partial charge in [0.15, 0.2) is 17.5 Å². The number of nitrogens with one attached hydrogen (secondary N) is 5. The number of benzene rings is 8. The molecule has 0 saturated carbocycles. The third kappa shape index (κ3) is 23.0. The summed E-state index contributed by atoms with van der Waals surface area (Å²) in [5.74, 6) is -33.5. The minimum Gasteiger partial charge on any atom is -0.464 e. The number of aliphatic hydroxyl groups is 3. The number of rotatable bonds is 20. The molecule has 0 bridgehead atoms. The first-order chi connectivity index (χ1) is 56.8. The molecule has 5 amide bonds. The lowest BCUT2D eigenvalue weighted by molar-refractivity contribution is -0.151. The molecule has 4 fully saturated rings. The lowest BCUT2D eigenvalue weighted by Gasteiger charge is -2.36. The fourth-order valence-electron chi connectivity index (χ4n) is 12.4. The Morgan fingerprint density at radius 2 is 0.711 bits per heavy atom. The average molecular weight is 1800 g/mol. The van der Waals surface area contributed by atoms with E-state index in [1.54, 1.807) is 0 Å². The number of alkyl halides is 8. The van der Waals surface area contributed by atoms with E-state index in [1.165, 1.54) is 58.0 Å². The molecule has 0 unspecified atom stereocenters. The lowest BCUT2D eigenvalue weighted by atomic mass is 9.99. The van der Waals surface area contributed by atoms with Crippen LogP contribution in [0.5, 0.6) is 0 Å². The van der Waals surface area contributed by atoms with Gasteiger partial charge in [-0.25, -0.2) is 48.7 Å². The first-order valence-corrected chi connectivity index (χ1v) is 37.6. The number of halogens is 20.